The van der Waals surface area contributed by atoms with Gasteiger partial charge in [-0.1, -0.05) is 0 Å². The van der Waals surface area contributed by atoms with Gasteiger partial charge in [-0.15, -0.1) is 0 Å². The van der Waals surface area contributed by atoms with E-state index < -0.39 is 377 Å². The van der Waals surface area contributed by atoms with E-state index in [0.717, 1.165) is 20.8 Å². The Morgan fingerprint density at radius 1 is 0.237 bits per heavy atom. The topological polar surface area (TPSA) is 809 Å². The highest BCUT2D eigenvalue weighted by atomic mass is 16.8. The summed E-state index contributed by atoms with van der Waals surface area (Å²) < 4.78 is 112. The highest BCUT2D eigenvalue weighted by Crippen LogP contribution is 2.41. The Hall–Kier alpha value is -3.43. The third kappa shape index (κ3) is 20.8. The number of amides is 3. The van der Waals surface area contributed by atoms with Crippen LogP contribution in [0.4, 0.5) is 0 Å². The van der Waals surface area contributed by atoms with Crippen LogP contribution >= 0.6 is 0 Å². The molecule has 0 aromatic heterocycles. The minimum atomic E-state index is -2.55. The number of ether oxygens (including phenoxy) is 19. The van der Waals surface area contributed by atoms with Crippen molar-refractivity contribution in [2.45, 2.75) is 341 Å². The molecule has 52 nitrogen and oxygen atoms in total. The maximum Gasteiger partial charge on any atom is 0.217 e. The summed E-state index contributed by atoms with van der Waals surface area (Å²) >= 11 is 0. The standard InChI is InChI=1S/C66H111N3O49/c1-14-30(80)39(89)45(95)61(101-14)117-55-41(91)32(82)19(6-70)105-65(55)113-50-23(10-74)107-58(27(36(50)86)67-16(3)77)100-13-26-35(85)54(116-60-29(69-18(5)79)38(88)51(25(12-76)109-60)114-66-56(42(92)33(83)20(7-71)106-66)118-62-46(96)40(90)31(81)15(2)102-62)48(98)64(110-26)111-49-24(11-75)108-59(28(37(49)87)68-17(4)78)115-53-34(84)21(8-72)104-63(47(53)97)112-52-22(9-73)103-57(99)44(94)43(52)93/h14-15,19-66,70-76,80-99H,6-13H2,1-5H3,(H,67,77)(H,68,78)(H,69,79). The van der Waals surface area contributed by atoms with Crippen LogP contribution in [0.1, 0.15) is 34.6 Å². The van der Waals surface area contributed by atoms with Crippen LogP contribution in [0.2, 0.25) is 0 Å². The predicted molar refractivity (Wildman–Crippen MR) is 362 cm³/mol. The molecule has 684 valence electrons. The lowest BCUT2D eigenvalue weighted by atomic mass is 9.93. The largest absolute Gasteiger partial charge is 0.394 e. The number of hydrogen-bond donors (Lipinski definition) is 30. The summed E-state index contributed by atoms with van der Waals surface area (Å²) in [7, 11) is 0. The van der Waals surface area contributed by atoms with Crippen molar-refractivity contribution in [3.8, 4) is 0 Å². The van der Waals surface area contributed by atoms with Gasteiger partial charge in [0, 0.05) is 20.8 Å². The molecule has 118 heavy (non-hydrogen) atoms. The summed E-state index contributed by atoms with van der Waals surface area (Å²) in [6.45, 7) is -3.58. The molecule has 0 radical (unpaired) electrons. The number of aliphatic hydroxyl groups is 27. The number of carbonyl (C=O) groups is 3. The monoisotopic (exact) mass is 1730 g/mol. The zero-order chi connectivity index (χ0) is 86.8. The fourth-order valence-corrected chi connectivity index (χ4v) is 15.4. The normalized spacial score (nSPS) is 51.1. The second-order valence-corrected chi connectivity index (χ2v) is 30.2. The lowest BCUT2D eigenvalue weighted by molar-refractivity contribution is -0.394. The Balaban J connectivity index is 0.954. The van der Waals surface area contributed by atoms with E-state index in [4.69, 9.17) is 90.0 Å². The first-order chi connectivity index (χ1) is 55.8. The number of aliphatic hydroxyl groups excluding tert-OH is 27. The van der Waals surface area contributed by atoms with E-state index in [9.17, 15) is 152 Å². The fraction of sp³-hybridized carbons (Fsp3) is 0.955. The minimum Gasteiger partial charge on any atom is -0.394 e. The molecule has 3 amide bonds. The molecule has 0 spiro atoms. The smallest absolute Gasteiger partial charge is 0.217 e. The van der Waals surface area contributed by atoms with Gasteiger partial charge in [0.2, 0.25) is 17.7 Å². The summed E-state index contributed by atoms with van der Waals surface area (Å²) in [5, 5.41) is 307. The lowest BCUT2D eigenvalue weighted by Crippen LogP contribution is -2.71. The second kappa shape index (κ2) is 41.8. The highest BCUT2D eigenvalue weighted by Gasteiger charge is 2.62. The first-order valence-electron chi connectivity index (χ1n) is 37.9. The van der Waals surface area contributed by atoms with Gasteiger partial charge in [-0.25, -0.2) is 0 Å². The molecule has 0 aromatic rings. The molecule has 10 fully saturated rings. The van der Waals surface area contributed by atoms with Crippen LogP contribution < -0.4 is 16.0 Å². The zero-order valence-electron chi connectivity index (χ0n) is 63.6. The predicted octanol–water partition coefficient (Wildman–Crippen LogP) is -20.3. The van der Waals surface area contributed by atoms with Crippen LogP contribution in [0.25, 0.3) is 0 Å². The summed E-state index contributed by atoms with van der Waals surface area (Å²) in [5.41, 5.74) is 0. The number of rotatable bonds is 29. The molecule has 10 aliphatic heterocycles. The third-order valence-corrected chi connectivity index (χ3v) is 22.0. The molecule has 50 unspecified atom stereocenters. The van der Waals surface area contributed by atoms with Crippen LogP contribution in [0.3, 0.4) is 0 Å². The van der Waals surface area contributed by atoms with E-state index in [-0.39, 0.29) is 0 Å². The number of nitrogens with one attached hydrogen (secondary N) is 3. The van der Waals surface area contributed by atoms with Crippen LogP contribution in [-0.2, 0) is 104 Å². The zero-order valence-corrected chi connectivity index (χ0v) is 63.6. The fourth-order valence-electron chi connectivity index (χ4n) is 15.4. The van der Waals surface area contributed by atoms with Crippen LogP contribution in [0.15, 0.2) is 0 Å². The average molecular weight is 1730 g/mol. The van der Waals surface area contributed by atoms with E-state index in [1.54, 1.807) is 0 Å². The molecule has 0 aromatic carbocycles. The number of carbonyl (C=O) groups excluding carboxylic acids is 3. The Kier molecular flexibility index (Phi) is 34.3. The van der Waals surface area contributed by atoms with E-state index in [1.807, 2.05) is 0 Å². The van der Waals surface area contributed by atoms with Gasteiger partial charge in [0.15, 0.2) is 62.9 Å². The van der Waals surface area contributed by atoms with Gasteiger partial charge >= 0.3 is 0 Å². The third-order valence-electron chi connectivity index (χ3n) is 22.0. The highest BCUT2D eigenvalue weighted by molar-refractivity contribution is 5.74. The maximum absolute atomic E-state index is 13.2. The summed E-state index contributed by atoms with van der Waals surface area (Å²) in [6.07, 6.45) is -95.0. The van der Waals surface area contributed by atoms with Gasteiger partial charge in [-0.3, -0.25) is 14.4 Å². The van der Waals surface area contributed by atoms with Crippen molar-refractivity contribution in [3.05, 3.63) is 0 Å². The van der Waals surface area contributed by atoms with Crippen molar-refractivity contribution in [1.82, 2.24) is 16.0 Å². The Morgan fingerprint density at radius 2 is 0.500 bits per heavy atom. The van der Waals surface area contributed by atoms with Gasteiger partial charge in [-0.2, -0.15) is 0 Å². The molecule has 10 aliphatic rings. The van der Waals surface area contributed by atoms with Crippen molar-refractivity contribution in [2.75, 3.05) is 52.9 Å². The molecule has 50 atom stereocenters. The van der Waals surface area contributed by atoms with Crippen LogP contribution in [-0.4, -0.2) is 515 Å². The quantitative estimate of drug-likeness (QED) is 0.0331. The van der Waals surface area contributed by atoms with Gasteiger partial charge in [-0.05, 0) is 13.8 Å². The average Bonchev–Trinajstić information content (AvgIpc) is 0.766. The Morgan fingerprint density at radius 3 is 0.864 bits per heavy atom. The molecule has 10 rings (SSSR count). The first-order valence-corrected chi connectivity index (χ1v) is 37.9. The molecular weight excluding hydrogens is 1620 g/mol. The first kappa shape index (κ1) is 96.8. The van der Waals surface area contributed by atoms with Crippen molar-refractivity contribution >= 4 is 17.7 Å². The van der Waals surface area contributed by atoms with Gasteiger partial charge < -0.3 is 244 Å². The van der Waals surface area contributed by atoms with Gasteiger partial charge in [0.05, 0.1) is 65.1 Å². The van der Waals surface area contributed by atoms with Gasteiger partial charge in [0.1, 0.15) is 232 Å². The Labute approximate surface area is 668 Å². The van der Waals surface area contributed by atoms with E-state index in [1.165, 1.54) is 13.8 Å². The van der Waals surface area contributed by atoms with Crippen molar-refractivity contribution in [3.63, 3.8) is 0 Å². The SMILES string of the molecule is CC(=O)NC1C(OC2C(O)C(CO)OC(OC3C(CO)OC(O)C(O)C3O)C2O)OC(CO)C(OC2OC(COC3OC(CO)C(OC4OC(CO)C(O)C(O)C4OC4OC(C)C(O)C(O)C4O)C(O)C3NC(C)=O)C(O)C(OC3OC(CO)C(OC4OC(CO)C(O)C(O)C4OC4OC(C)C(O)C(O)C4O)C(O)C3NC(C)=O)C2O)C1O. The molecule has 30 N–H and O–H groups in total. The molecule has 10 saturated heterocycles. The summed E-state index contributed by atoms with van der Waals surface area (Å²) in [6, 6.07) is -5.97. The number of hydrogen-bond acceptors (Lipinski definition) is 49. The molecule has 0 saturated carbocycles. The van der Waals surface area contributed by atoms with Crippen molar-refractivity contribution < 1.29 is 242 Å². The Bertz CT molecular complexity index is 3140. The molecular formula is C66H111N3O49. The van der Waals surface area contributed by atoms with Crippen molar-refractivity contribution in [2.24, 2.45) is 0 Å². The maximum atomic E-state index is 13.2. The summed E-state index contributed by atoms with van der Waals surface area (Å²) in [5.74, 6) is -2.94. The summed E-state index contributed by atoms with van der Waals surface area (Å²) in [4.78, 5) is 39.5. The van der Waals surface area contributed by atoms with E-state index >= 15 is 0 Å². The second-order valence-electron chi connectivity index (χ2n) is 30.2. The van der Waals surface area contributed by atoms with Gasteiger partial charge in [0.25, 0.3) is 0 Å². The molecule has 10 heterocycles. The van der Waals surface area contributed by atoms with Crippen molar-refractivity contribution in [1.29, 1.82) is 0 Å². The van der Waals surface area contributed by atoms with E-state index in [2.05, 4.69) is 16.0 Å². The minimum absolute atomic E-state index is 0.913. The van der Waals surface area contributed by atoms with Crippen LogP contribution in [0.5, 0.6) is 0 Å². The lowest BCUT2D eigenvalue weighted by Gasteiger charge is -2.51. The van der Waals surface area contributed by atoms with E-state index in [0.29, 0.717) is 0 Å². The molecule has 0 bridgehead atoms. The molecule has 0 aliphatic carbocycles. The molecule has 52 heteroatoms. The van der Waals surface area contributed by atoms with Crippen LogP contribution in [0, 0.1) is 0 Å².